The van der Waals surface area contributed by atoms with Gasteiger partial charge in [0.1, 0.15) is 17.2 Å². The molecule has 0 fully saturated rings. The van der Waals surface area contributed by atoms with E-state index in [-0.39, 0.29) is 0 Å². The monoisotopic (exact) mass is 548 g/mol. The van der Waals surface area contributed by atoms with Crippen molar-refractivity contribution in [1.29, 1.82) is 0 Å². The maximum atomic E-state index is 6.49. The summed E-state index contributed by atoms with van der Waals surface area (Å²) < 4.78 is 12.0. The molecule has 8 bridgehead atoms. The van der Waals surface area contributed by atoms with E-state index in [1.165, 1.54) is 0 Å². The molecule has 0 unspecified atom stereocenters. The number of allylic oxidation sites excluding steroid dienone is 11. The number of hydrogen-bond donors (Lipinski definition) is 0. The molecule has 0 atom stereocenters. The number of rotatable bonds is 6. The number of benzene rings is 2. The van der Waals surface area contributed by atoms with E-state index in [0.717, 1.165) is 80.1 Å². The van der Waals surface area contributed by atoms with E-state index in [2.05, 4.69) is 31.2 Å². The number of methoxy groups -OCH3 is 1. The second kappa shape index (κ2) is 10.9. The molecule has 42 heavy (non-hydrogen) atoms. The van der Waals surface area contributed by atoms with Gasteiger partial charge in [-0.1, -0.05) is 49.4 Å². The highest BCUT2D eigenvalue weighted by atomic mass is 16.5. The second-order valence-electron chi connectivity index (χ2n) is 10.1. The Morgan fingerprint density at radius 1 is 0.595 bits per heavy atom. The van der Waals surface area contributed by atoms with E-state index >= 15 is 0 Å². The summed E-state index contributed by atoms with van der Waals surface area (Å²) in [6.07, 6.45) is 18.8. The van der Waals surface area contributed by atoms with Crippen molar-refractivity contribution in [3.8, 4) is 5.75 Å². The van der Waals surface area contributed by atoms with Crippen LogP contribution in [0.3, 0.4) is 0 Å². The highest BCUT2D eigenvalue weighted by Crippen LogP contribution is 2.43. The van der Waals surface area contributed by atoms with E-state index in [1.54, 1.807) is 7.11 Å². The predicted octanol–water partition coefficient (Wildman–Crippen LogP) is 7.40. The average molecular weight is 549 g/mol. The Morgan fingerprint density at radius 2 is 1.24 bits per heavy atom. The Morgan fingerprint density at radius 3 is 1.93 bits per heavy atom. The summed E-state index contributed by atoms with van der Waals surface area (Å²) in [6, 6.07) is 18.4. The third kappa shape index (κ3) is 4.88. The normalized spacial score (nSPS) is 18.5. The van der Waals surface area contributed by atoms with Crippen molar-refractivity contribution in [2.45, 2.75) is 13.3 Å². The van der Waals surface area contributed by atoms with Crippen LogP contribution in [0.2, 0.25) is 0 Å². The van der Waals surface area contributed by atoms with E-state index in [4.69, 9.17) is 29.4 Å². The number of ether oxygens (including phenoxy) is 2. The maximum Gasteiger partial charge on any atom is 0.171 e. The SMILES string of the molecule is CCCOC1=C2N=C(C=C3C=CC(=N3)C=C3C=CC(=N3)C=C3C=CC1=N3)C(c1ccc(OC)cc1)=C2c1ccccc1. The first-order chi connectivity index (χ1) is 20.7. The van der Waals surface area contributed by atoms with Crippen LogP contribution in [0.4, 0.5) is 0 Å². The van der Waals surface area contributed by atoms with Gasteiger partial charge >= 0.3 is 0 Å². The molecule has 0 radical (unpaired) electrons. The zero-order chi connectivity index (χ0) is 28.5. The predicted molar refractivity (Wildman–Crippen MR) is 171 cm³/mol. The number of hydrogen-bond acceptors (Lipinski definition) is 6. The Bertz CT molecular complexity index is 1850. The van der Waals surface area contributed by atoms with E-state index in [1.807, 2.05) is 85.0 Å². The number of fused-ring (bicyclic) bond motifs is 4. The van der Waals surface area contributed by atoms with Gasteiger partial charge in [-0.25, -0.2) is 20.0 Å². The van der Waals surface area contributed by atoms with Crippen LogP contribution in [0, 0.1) is 0 Å². The van der Waals surface area contributed by atoms with Crippen molar-refractivity contribution >= 4 is 34.0 Å². The van der Waals surface area contributed by atoms with Gasteiger partial charge in [-0.2, -0.15) is 0 Å². The van der Waals surface area contributed by atoms with Gasteiger partial charge in [0.2, 0.25) is 0 Å². The standard InChI is InChI=1S/C36H28N4O2/c1-3-19-42-36-31-18-15-28(39-31)21-27-12-11-25(37-27)20-26-13-14-29(38-26)22-32-33(24-9-16-30(41-2)17-10-24)34(35(36)40-32)23-7-5-4-6-8-23/h4-18,20-22H,3,19H2,1-2H3. The third-order valence-corrected chi connectivity index (χ3v) is 7.22. The fourth-order valence-electron chi connectivity index (χ4n) is 5.29. The van der Waals surface area contributed by atoms with Crippen molar-refractivity contribution in [3.63, 3.8) is 0 Å². The Hall–Kier alpha value is -5.36. The largest absolute Gasteiger partial charge is 0.497 e. The molecule has 2 aromatic rings. The van der Waals surface area contributed by atoms with Crippen LogP contribution < -0.4 is 4.74 Å². The van der Waals surface area contributed by atoms with E-state index in [0.29, 0.717) is 12.4 Å². The lowest BCUT2D eigenvalue weighted by Crippen LogP contribution is -2.07. The minimum absolute atomic E-state index is 0.538. The summed E-state index contributed by atoms with van der Waals surface area (Å²) in [4.78, 5) is 19.9. The maximum absolute atomic E-state index is 6.49. The molecule has 0 aromatic heterocycles. The smallest absolute Gasteiger partial charge is 0.171 e. The van der Waals surface area contributed by atoms with Crippen LogP contribution in [0.5, 0.6) is 5.75 Å². The highest BCUT2D eigenvalue weighted by molar-refractivity contribution is 6.40. The van der Waals surface area contributed by atoms with Gasteiger partial charge < -0.3 is 9.47 Å². The van der Waals surface area contributed by atoms with Gasteiger partial charge in [0.05, 0.1) is 47.9 Å². The molecule has 6 nitrogen and oxygen atoms in total. The zero-order valence-electron chi connectivity index (χ0n) is 23.4. The first-order valence-corrected chi connectivity index (χ1v) is 14.0. The Balaban J connectivity index is 1.53. The van der Waals surface area contributed by atoms with Crippen LogP contribution in [-0.4, -0.2) is 36.6 Å². The quantitative estimate of drug-likeness (QED) is 0.378. The Labute approximate surface area is 245 Å². The summed E-state index contributed by atoms with van der Waals surface area (Å²) in [5.41, 5.74) is 10.5. The summed E-state index contributed by atoms with van der Waals surface area (Å²) in [5.74, 6) is 1.44. The van der Waals surface area contributed by atoms with Crippen molar-refractivity contribution in [2.75, 3.05) is 13.7 Å². The lowest BCUT2D eigenvalue weighted by Gasteiger charge is -2.15. The minimum atomic E-state index is 0.538. The van der Waals surface area contributed by atoms with E-state index < -0.39 is 0 Å². The first kappa shape index (κ1) is 25.6. The molecule has 0 aliphatic carbocycles. The highest BCUT2D eigenvalue weighted by Gasteiger charge is 2.31. The molecular weight excluding hydrogens is 520 g/mol. The summed E-state index contributed by atoms with van der Waals surface area (Å²) in [5, 5.41) is 0. The lowest BCUT2D eigenvalue weighted by atomic mass is 9.91. The van der Waals surface area contributed by atoms with Crippen LogP contribution in [-0.2, 0) is 4.74 Å². The Kier molecular flexibility index (Phi) is 6.64. The number of nitrogens with zero attached hydrogens (tertiary/aromatic N) is 4. The molecule has 5 aliphatic rings. The van der Waals surface area contributed by atoms with Gasteiger partial charge in [0.25, 0.3) is 0 Å². The topological polar surface area (TPSA) is 67.9 Å². The zero-order valence-corrected chi connectivity index (χ0v) is 23.4. The van der Waals surface area contributed by atoms with Crippen molar-refractivity contribution in [2.24, 2.45) is 20.0 Å². The third-order valence-electron chi connectivity index (χ3n) is 7.22. The van der Waals surface area contributed by atoms with Gasteiger partial charge in [0.15, 0.2) is 5.76 Å². The van der Waals surface area contributed by atoms with Crippen LogP contribution >= 0.6 is 0 Å². The molecule has 0 amide bonds. The van der Waals surface area contributed by atoms with E-state index in [9.17, 15) is 0 Å². The molecule has 0 spiro atoms. The summed E-state index contributed by atoms with van der Waals surface area (Å²) in [6.45, 7) is 2.64. The molecule has 0 N–H and O–H groups in total. The van der Waals surface area contributed by atoms with Crippen LogP contribution in [0.25, 0.3) is 11.1 Å². The van der Waals surface area contributed by atoms with Crippen molar-refractivity contribution in [3.05, 3.63) is 149 Å². The number of aliphatic imine (C=N–C) groups is 4. The average Bonchev–Trinajstić information content (AvgIpc) is 3.83. The minimum Gasteiger partial charge on any atom is -0.497 e. The molecule has 0 saturated heterocycles. The molecule has 6 heteroatoms. The van der Waals surface area contributed by atoms with Crippen LogP contribution in [0.1, 0.15) is 24.5 Å². The molecule has 7 rings (SSSR count). The van der Waals surface area contributed by atoms with Crippen molar-refractivity contribution in [1.82, 2.24) is 0 Å². The fraction of sp³-hybridized carbons (Fsp3) is 0.111. The molecular formula is C36H28N4O2. The van der Waals surface area contributed by atoms with Crippen molar-refractivity contribution < 1.29 is 9.47 Å². The molecule has 5 heterocycles. The summed E-state index contributed by atoms with van der Waals surface area (Å²) in [7, 11) is 1.68. The lowest BCUT2D eigenvalue weighted by molar-refractivity contribution is 0.229. The van der Waals surface area contributed by atoms with Gasteiger partial charge in [-0.05, 0) is 84.4 Å². The van der Waals surface area contributed by atoms with Crippen LogP contribution in [0.15, 0.2) is 158 Å². The fourth-order valence-corrected chi connectivity index (χ4v) is 5.29. The molecule has 0 saturated carbocycles. The molecule has 5 aliphatic heterocycles. The second-order valence-corrected chi connectivity index (χ2v) is 10.1. The van der Waals surface area contributed by atoms with Gasteiger partial charge in [-0.15, -0.1) is 0 Å². The van der Waals surface area contributed by atoms with Gasteiger partial charge in [-0.3, -0.25) is 0 Å². The summed E-state index contributed by atoms with van der Waals surface area (Å²) >= 11 is 0. The first-order valence-electron chi connectivity index (χ1n) is 14.0. The van der Waals surface area contributed by atoms with Gasteiger partial charge in [0, 0.05) is 11.1 Å². The molecule has 204 valence electrons. The molecule has 2 aromatic carbocycles.